The van der Waals surface area contributed by atoms with Crippen molar-refractivity contribution >= 4 is 5.91 Å². The van der Waals surface area contributed by atoms with Gasteiger partial charge >= 0.3 is 0 Å². The van der Waals surface area contributed by atoms with Crippen LogP contribution in [0.1, 0.15) is 54.6 Å². The molecule has 3 atom stereocenters. The standard InChI is InChI=1S/C17H24N2O/c1-3-12-6-7-16(11(12)2)19-17(20)13-4-5-14-9-18-10-15(14)8-13/h4-5,8,11-12,16,18H,3,6-7,9-10H2,1-2H3,(H,19,20). The van der Waals surface area contributed by atoms with Gasteiger partial charge in [0.2, 0.25) is 0 Å². The number of rotatable bonds is 3. The van der Waals surface area contributed by atoms with E-state index in [1.54, 1.807) is 0 Å². The van der Waals surface area contributed by atoms with Gasteiger partial charge in [0, 0.05) is 24.7 Å². The van der Waals surface area contributed by atoms with Crippen LogP contribution in [0.2, 0.25) is 0 Å². The van der Waals surface area contributed by atoms with Gasteiger partial charge in [-0.1, -0.05) is 26.3 Å². The van der Waals surface area contributed by atoms with Gasteiger partial charge in [-0.2, -0.15) is 0 Å². The van der Waals surface area contributed by atoms with Crippen LogP contribution in [0.3, 0.4) is 0 Å². The van der Waals surface area contributed by atoms with Gasteiger partial charge in [0.25, 0.3) is 5.91 Å². The van der Waals surface area contributed by atoms with E-state index in [4.69, 9.17) is 0 Å². The first kappa shape index (κ1) is 13.6. The molecule has 3 heteroatoms. The van der Waals surface area contributed by atoms with Gasteiger partial charge < -0.3 is 10.6 Å². The molecule has 0 spiro atoms. The third kappa shape index (κ3) is 2.47. The third-order valence-corrected chi connectivity index (χ3v) is 5.17. The zero-order valence-electron chi connectivity index (χ0n) is 12.4. The summed E-state index contributed by atoms with van der Waals surface area (Å²) < 4.78 is 0. The van der Waals surface area contributed by atoms with Crippen LogP contribution < -0.4 is 10.6 Å². The summed E-state index contributed by atoms with van der Waals surface area (Å²) in [6, 6.07) is 6.43. The van der Waals surface area contributed by atoms with Crippen molar-refractivity contribution in [2.45, 2.75) is 52.2 Å². The molecule has 1 aliphatic carbocycles. The summed E-state index contributed by atoms with van der Waals surface area (Å²) >= 11 is 0. The molecule has 2 aliphatic rings. The number of nitrogens with one attached hydrogen (secondary N) is 2. The Morgan fingerprint density at radius 3 is 2.85 bits per heavy atom. The van der Waals surface area contributed by atoms with E-state index in [1.807, 2.05) is 12.1 Å². The van der Waals surface area contributed by atoms with Gasteiger partial charge in [0.05, 0.1) is 0 Å². The Hall–Kier alpha value is -1.35. The van der Waals surface area contributed by atoms with Crippen LogP contribution in [0.5, 0.6) is 0 Å². The normalized spacial score (nSPS) is 28.4. The molecule has 1 aromatic rings. The van der Waals surface area contributed by atoms with Gasteiger partial charge in [0.1, 0.15) is 0 Å². The van der Waals surface area contributed by atoms with Crippen molar-refractivity contribution in [2.24, 2.45) is 11.8 Å². The largest absolute Gasteiger partial charge is 0.349 e. The second-order valence-corrected chi connectivity index (χ2v) is 6.27. The SMILES string of the molecule is CCC1CCC(NC(=O)c2ccc3c(c2)CNC3)C1C. The molecule has 1 aliphatic heterocycles. The Bertz CT molecular complexity index is 512. The van der Waals surface area contributed by atoms with E-state index < -0.39 is 0 Å². The minimum absolute atomic E-state index is 0.0910. The molecular formula is C17H24N2O. The van der Waals surface area contributed by atoms with Crippen LogP contribution in [0.15, 0.2) is 18.2 Å². The Kier molecular flexibility index (Phi) is 3.79. The third-order valence-electron chi connectivity index (χ3n) is 5.17. The monoisotopic (exact) mass is 272 g/mol. The lowest BCUT2D eigenvalue weighted by molar-refractivity contribution is 0.0926. The summed E-state index contributed by atoms with van der Waals surface area (Å²) in [6.07, 6.45) is 3.59. The first-order valence-electron chi connectivity index (χ1n) is 7.82. The second-order valence-electron chi connectivity index (χ2n) is 6.27. The van der Waals surface area contributed by atoms with Crippen LogP contribution in [-0.4, -0.2) is 11.9 Å². The van der Waals surface area contributed by atoms with Crippen LogP contribution in [0.4, 0.5) is 0 Å². The molecule has 1 saturated carbocycles. The topological polar surface area (TPSA) is 41.1 Å². The Labute approximate surface area is 121 Å². The summed E-state index contributed by atoms with van der Waals surface area (Å²) in [5.74, 6) is 1.46. The van der Waals surface area contributed by atoms with Crippen molar-refractivity contribution < 1.29 is 4.79 Å². The number of carbonyl (C=O) groups excluding carboxylic acids is 1. The quantitative estimate of drug-likeness (QED) is 0.888. The van der Waals surface area contributed by atoms with E-state index in [1.165, 1.54) is 24.0 Å². The zero-order chi connectivity index (χ0) is 14.1. The molecule has 3 rings (SSSR count). The van der Waals surface area contributed by atoms with Crippen molar-refractivity contribution in [1.82, 2.24) is 10.6 Å². The maximum Gasteiger partial charge on any atom is 0.251 e. The molecule has 1 heterocycles. The van der Waals surface area contributed by atoms with Crippen LogP contribution in [-0.2, 0) is 13.1 Å². The van der Waals surface area contributed by atoms with Crippen LogP contribution in [0.25, 0.3) is 0 Å². The van der Waals surface area contributed by atoms with Crippen molar-refractivity contribution in [3.8, 4) is 0 Å². The number of benzene rings is 1. The van der Waals surface area contributed by atoms with Gasteiger partial charge in [-0.15, -0.1) is 0 Å². The Morgan fingerprint density at radius 1 is 1.30 bits per heavy atom. The number of hydrogen-bond donors (Lipinski definition) is 2. The van der Waals surface area contributed by atoms with E-state index in [-0.39, 0.29) is 5.91 Å². The lowest BCUT2D eigenvalue weighted by atomic mass is 9.93. The summed E-state index contributed by atoms with van der Waals surface area (Å²) in [4.78, 5) is 12.4. The first-order valence-corrected chi connectivity index (χ1v) is 7.82. The van der Waals surface area contributed by atoms with E-state index >= 15 is 0 Å². The van der Waals surface area contributed by atoms with E-state index in [0.717, 1.165) is 31.0 Å². The maximum absolute atomic E-state index is 12.4. The molecule has 0 bridgehead atoms. The fraction of sp³-hybridized carbons (Fsp3) is 0.588. The smallest absolute Gasteiger partial charge is 0.251 e. The Morgan fingerprint density at radius 2 is 2.10 bits per heavy atom. The van der Waals surface area contributed by atoms with Crippen molar-refractivity contribution in [3.05, 3.63) is 34.9 Å². The van der Waals surface area contributed by atoms with Gasteiger partial charge in [0.15, 0.2) is 0 Å². The van der Waals surface area contributed by atoms with Gasteiger partial charge in [-0.25, -0.2) is 0 Å². The molecule has 3 unspecified atom stereocenters. The molecule has 1 amide bonds. The minimum atomic E-state index is 0.0910. The Balaban J connectivity index is 1.68. The van der Waals surface area contributed by atoms with E-state index in [0.29, 0.717) is 12.0 Å². The highest BCUT2D eigenvalue weighted by atomic mass is 16.1. The van der Waals surface area contributed by atoms with Crippen molar-refractivity contribution in [1.29, 1.82) is 0 Å². The van der Waals surface area contributed by atoms with Gasteiger partial charge in [-0.3, -0.25) is 4.79 Å². The average molecular weight is 272 g/mol. The number of carbonyl (C=O) groups is 1. The summed E-state index contributed by atoms with van der Waals surface area (Å²) in [7, 11) is 0. The summed E-state index contributed by atoms with van der Waals surface area (Å²) in [6.45, 7) is 6.33. The molecule has 0 aromatic heterocycles. The molecule has 1 aromatic carbocycles. The molecule has 0 radical (unpaired) electrons. The molecular weight excluding hydrogens is 248 g/mol. The molecule has 108 valence electrons. The lowest BCUT2D eigenvalue weighted by Gasteiger charge is -2.21. The minimum Gasteiger partial charge on any atom is -0.349 e. The lowest BCUT2D eigenvalue weighted by Crippen LogP contribution is -2.37. The highest BCUT2D eigenvalue weighted by Gasteiger charge is 2.32. The fourth-order valence-electron chi connectivity index (χ4n) is 3.72. The maximum atomic E-state index is 12.4. The van der Waals surface area contributed by atoms with Crippen molar-refractivity contribution in [2.75, 3.05) is 0 Å². The predicted molar refractivity (Wildman–Crippen MR) is 80.4 cm³/mol. The summed E-state index contributed by atoms with van der Waals surface area (Å²) in [5.41, 5.74) is 3.39. The van der Waals surface area contributed by atoms with Crippen LogP contribution >= 0.6 is 0 Å². The van der Waals surface area contributed by atoms with Crippen LogP contribution in [0, 0.1) is 11.8 Å². The second kappa shape index (κ2) is 5.57. The number of hydrogen-bond acceptors (Lipinski definition) is 2. The molecule has 1 fully saturated rings. The zero-order valence-corrected chi connectivity index (χ0v) is 12.4. The average Bonchev–Trinajstić information content (AvgIpc) is 3.05. The van der Waals surface area contributed by atoms with E-state index in [9.17, 15) is 4.79 Å². The molecule has 2 N–H and O–H groups in total. The highest BCUT2D eigenvalue weighted by Crippen LogP contribution is 2.34. The summed E-state index contributed by atoms with van der Waals surface area (Å²) in [5, 5.41) is 6.56. The molecule has 20 heavy (non-hydrogen) atoms. The van der Waals surface area contributed by atoms with E-state index in [2.05, 4.69) is 30.5 Å². The molecule has 3 nitrogen and oxygen atoms in total. The highest BCUT2D eigenvalue weighted by molar-refractivity contribution is 5.94. The van der Waals surface area contributed by atoms with Gasteiger partial charge in [-0.05, 0) is 47.9 Å². The molecule has 0 saturated heterocycles. The first-order chi connectivity index (χ1) is 9.69. The number of amides is 1. The number of fused-ring (bicyclic) bond motifs is 1. The van der Waals surface area contributed by atoms with Crippen molar-refractivity contribution in [3.63, 3.8) is 0 Å². The fourth-order valence-corrected chi connectivity index (χ4v) is 3.72. The predicted octanol–water partition coefficient (Wildman–Crippen LogP) is 2.84.